The van der Waals surface area contributed by atoms with Crippen molar-refractivity contribution >= 4 is 11.8 Å². The van der Waals surface area contributed by atoms with Crippen LogP contribution in [0.15, 0.2) is 0 Å². The van der Waals surface area contributed by atoms with Gasteiger partial charge in [-0.15, -0.1) is 0 Å². The quantitative estimate of drug-likeness (QED) is 0.410. The minimum atomic E-state index is 0.556. The van der Waals surface area contributed by atoms with E-state index >= 15 is 0 Å². The normalized spacial score (nSPS) is 7.60. The van der Waals surface area contributed by atoms with Crippen molar-refractivity contribution in [1.82, 2.24) is 4.42 Å². The van der Waals surface area contributed by atoms with Crippen LogP contribution in [0.3, 0.4) is 0 Å². The van der Waals surface area contributed by atoms with E-state index in [-0.39, 0.29) is 0 Å². The average Bonchev–Trinajstić information content (AvgIpc) is 1.87. The summed E-state index contributed by atoms with van der Waals surface area (Å²) in [5, 5.41) is 0. The highest BCUT2D eigenvalue weighted by atomic mass is 35.5. The highest BCUT2D eigenvalue weighted by Gasteiger charge is 1.81. The lowest BCUT2D eigenvalue weighted by Gasteiger charge is -1.95. The van der Waals surface area contributed by atoms with E-state index in [1.807, 2.05) is 6.92 Å². The Morgan fingerprint density at radius 2 is 1.90 bits per heavy atom. The van der Waals surface area contributed by atoms with Crippen molar-refractivity contribution < 1.29 is 0 Å². The van der Waals surface area contributed by atoms with Gasteiger partial charge in [0.1, 0.15) is 0 Å². The van der Waals surface area contributed by atoms with E-state index in [2.05, 4.69) is 23.7 Å². The summed E-state index contributed by atoms with van der Waals surface area (Å²) >= 11 is 5.47. The first-order valence-electron chi connectivity index (χ1n) is 3.10. The third-order valence-electron chi connectivity index (χ3n) is 0.713. The van der Waals surface area contributed by atoms with Crippen LogP contribution in [0.4, 0.5) is 0 Å². The molecule has 10 heavy (non-hydrogen) atoms. The summed E-state index contributed by atoms with van der Waals surface area (Å²) in [6.07, 6.45) is 0.853. The van der Waals surface area contributed by atoms with Gasteiger partial charge in [-0.3, -0.25) is 0 Å². The van der Waals surface area contributed by atoms with E-state index in [1.54, 1.807) is 7.05 Å². The lowest BCUT2D eigenvalue weighted by molar-refractivity contribution is 0.626. The van der Waals surface area contributed by atoms with Crippen molar-refractivity contribution in [3.8, 4) is 23.7 Å². The first-order valence-corrected chi connectivity index (χ1v) is 3.43. The highest BCUT2D eigenvalue weighted by molar-refractivity contribution is 6.13. The molecule has 0 aliphatic rings. The Morgan fingerprint density at radius 1 is 1.30 bits per heavy atom. The summed E-state index contributed by atoms with van der Waals surface area (Å²) in [5.74, 6) is 11.0. The van der Waals surface area contributed by atoms with Crippen LogP contribution in [0.25, 0.3) is 0 Å². The van der Waals surface area contributed by atoms with Gasteiger partial charge in [0.05, 0.1) is 6.54 Å². The summed E-state index contributed by atoms with van der Waals surface area (Å²) in [5.41, 5.74) is 0. The van der Waals surface area contributed by atoms with E-state index in [0.717, 1.165) is 6.42 Å². The summed E-state index contributed by atoms with van der Waals surface area (Å²) in [6, 6.07) is 0. The molecule has 0 aliphatic carbocycles. The van der Waals surface area contributed by atoms with Gasteiger partial charge in [-0.2, -0.15) is 0 Å². The second kappa shape index (κ2) is 6.49. The van der Waals surface area contributed by atoms with Gasteiger partial charge in [0.25, 0.3) is 0 Å². The standard InChI is InChI=1S/C8H10ClN/c1-3-4-5-6-7-8-10(2)9/h3,8H2,1-2H3. The van der Waals surface area contributed by atoms with Gasteiger partial charge in [0, 0.05) is 13.5 Å². The number of rotatable bonds is 1. The fraction of sp³-hybridized carbons (Fsp3) is 0.500. The first kappa shape index (κ1) is 9.37. The molecule has 0 saturated heterocycles. The maximum atomic E-state index is 5.47. The van der Waals surface area contributed by atoms with Gasteiger partial charge in [-0.1, -0.05) is 18.8 Å². The van der Waals surface area contributed by atoms with Crippen LogP contribution in [0.2, 0.25) is 0 Å². The van der Waals surface area contributed by atoms with Gasteiger partial charge < -0.3 is 0 Å². The summed E-state index contributed by atoms with van der Waals surface area (Å²) in [6.45, 7) is 2.54. The zero-order valence-corrected chi connectivity index (χ0v) is 7.00. The number of nitrogens with zero attached hydrogens (tertiary/aromatic N) is 1. The molecule has 0 amide bonds. The summed E-state index contributed by atoms with van der Waals surface area (Å²) < 4.78 is 1.49. The monoisotopic (exact) mass is 155 g/mol. The minimum absolute atomic E-state index is 0.556. The molecule has 1 nitrogen and oxygen atoms in total. The second-order valence-corrected chi connectivity index (χ2v) is 2.30. The zero-order valence-electron chi connectivity index (χ0n) is 6.24. The molecule has 0 N–H and O–H groups in total. The van der Waals surface area contributed by atoms with Crippen LogP contribution in [-0.4, -0.2) is 18.0 Å². The van der Waals surface area contributed by atoms with Crippen LogP contribution in [-0.2, 0) is 0 Å². The van der Waals surface area contributed by atoms with Crippen LogP contribution in [0, 0.1) is 23.7 Å². The number of hydrogen-bond donors (Lipinski definition) is 0. The Labute approximate surface area is 67.5 Å². The van der Waals surface area contributed by atoms with Crippen LogP contribution in [0.5, 0.6) is 0 Å². The molecular formula is C8H10ClN. The molecule has 54 valence electrons. The number of hydrogen-bond acceptors (Lipinski definition) is 1. The molecule has 0 aromatic rings. The van der Waals surface area contributed by atoms with Gasteiger partial charge in [-0.05, 0) is 23.6 Å². The predicted octanol–water partition coefficient (Wildman–Crippen LogP) is 1.49. The Bertz CT molecular complexity index is 187. The van der Waals surface area contributed by atoms with Crippen molar-refractivity contribution in [2.75, 3.05) is 13.6 Å². The van der Waals surface area contributed by atoms with E-state index in [4.69, 9.17) is 11.8 Å². The lowest BCUT2D eigenvalue weighted by Crippen LogP contribution is -2.02. The van der Waals surface area contributed by atoms with Crippen LogP contribution >= 0.6 is 11.8 Å². The Hall–Kier alpha value is -0.630. The van der Waals surface area contributed by atoms with Crippen molar-refractivity contribution in [2.24, 2.45) is 0 Å². The SMILES string of the molecule is CCC#CC#CCN(C)Cl. The smallest absolute Gasteiger partial charge is 0.0757 e. The molecule has 0 fully saturated rings. The molecule has 0 rings (SSSR count). The third-order valence-corrected chi connectivity index (χ3v) is 0.833. The van der Waals surface area contributed by atoms with Crippen molar-refractivity contribution in [1.29, 1.82) is 0 Å². The minimum Gasteiger partial charge on any atom is -0.211 e. The second-order valence-electron chi connectivity index (χ2n) is 1.72. The molecule has 0 spiro atoms. The Balaban J connectivity index is 3.50. The fourth-order valence-corrected chi connectivity index (χ4v) is 0.385. The van der Waals surface area contributed by atoms with Gasteiger partial charge >= 0.3 is 0 Å². The highest BCUT2D eigenvalue weighted by Crippen LogP contribution is 1.81. The van der Waals surface area contributed by atoms with E-state index in [0.29, 0.717) is 6.54 Å². The summed E-state index contributed by atoms with van der Waals surface area (Å²) in [7, 11) is 1.75. The predicted molar refractivity (Wildman–Crippen MR) is 44.3 cm³/mol. The molecular weight excluding hydrogens is 146 g/mol. The van der Waals surface area contributed by atoms with Crippen molar-refractivity contribution in [3.05, 3.63) is 0 Å². The molecule has 0 bridgehead atoms. The third kappa shape index (κ3) is 7.37. The molecule has 0 saturated carbocycles. The first-order chi connectivity index (χ1) is 4.77. The zero-order chi connectivity index (χ0) is 7.82. The van der Waals surface area contributed by atoms with Crippen molar-refractivity contribution in [2.45, 2.75) is 13.3 Å². The Kier molecular flexibility index (Phi) is 6.08. The molecule has 0 aliphatic heterocycles. The Morgan fingerprint density at radius 3 is 2.40 bits per heavy atom. The van der Waals surface area contributed by atoms with E-state index < -0.39 is 0 Å². The van der Waals surface area contributed by atoms with Crippen LogP contribution < -0.4 is 0 Å². The molecule has 0 radical (unpaired) electrons. The molecule has 0 aromatic carbocycles. The molecule has 2 heteroatoms. The maximum Gasteiger partial charge on any atom is 0.0757 e. The lowest BCUT2D eigenvalue weighted by atomic mass is 10.4. The molecule has 0 atom stereocenters. The summed E-state index contributed by atoms with van der Waals surface area (Å²) in [4.78, 5) is 0. The largest absolute Gasteiger partial charge is 0.211 e. The van der Waals surface area contributed by atoms with Gasteiger partial charge in [0.2, 0.25) is 0 Å². The average molecular weight is 156 g/mol. The molecule has 0 aromatic heterocycles. The van der Waals surface area contributed by atoms with Crippen LogP contribution in [0.1, 0.15) is 13.3 Å². The maximum absolute atomic E-state index is 5.47. The fourth-order valence-electron chi connectivity index (χ4n) is 0.325. The topological polar surface area (TPSA) is 3.24 Å². The van der Waals surface area contributed by atoms with E-state index in [1.165, 1.54) is 4.42 Å². The van der Waals surface area contributed by atoms with Gasteiger partial charge in [0.15, 0.2) is 0 Å². The van der Waals surface area contributed by atoms with Gasteiger partial charge in [-0.25, -0.2) is 4.42 Å². The van der Waals surface area contributed by atoms with E-state index in [9.17, 15) is 0 Å². The molecule has 0 heterocycles. The van der Waals surface area contributed by atoms with Crippen molar-refractivity contribution in [3.63, 3.8) is 0 Å². The number of halogens is 1. The molecule has 0 unspecified atom stereocenters.